The van der Waals surface area contributed by atoms with Gasteiger partial charge in [0, 0.05) is 23.8 Å². The zero-order valence-electron chi connectivity index (χ0n) is 17.2. The summed E-state index contributed by atoms with van der Waals surface area (Å²) in [4.78, 5) is 26.8. The van der Waals surface area contributed by atoms with E-state index < -0.39 is 0 Å². The maximum absolute atomic E-state index is 12.4. The Morgan fingerprint density at radius 2 is 1.55 bits per heavy atom. The third kappa shape index (κ3) is 7.02. The lowest BCUT2D eigenvalue weighted by Gasteiger charge is -2.30. The summed E-state index contributed by atoms with van der Waals surface area (Å²) in [6.45, 7) is 0.387. The standard InChI is InChI=1S/C24H31N3O2/c1-27(22-13-6-3-7-14-22)18-24(29)26-21-12-8-11-20(17-21)25-23(28)16-15-19-9-4-2-5-10-19/h2,4-5,8-12,17,22H,3,6-7,13-16,18H2,1H3,(H,25,28)(H,26,29). The van der Waals surface area contributed by atoms with Crippen LogP contribution in [0.3, 0.4) is 0 Å². The Balaban J connectivity index is 1.47. The number of likely N-dealkylation sites (N-methyl/N-ethyl adjacent to an activating group) is 1. The fraction of sp³-hybridized carbons (Fsp3) is 0.417. The van der Waals surface area contributed by atoms with Crippen molar-refractivity contribution < 1.29 is 9.59 Å². The monoisotopic (exact) mass is 393 g/mol. The third-order valence-corrected chi connectivity index (χ3v) is 5.50. The second-order valence-electron chi connectivity index (χ2n) is 7.87. The van der Waals surface area contributed by atoms with E-state index in [9.17, 15) is 9.59 Å². The summed E-state index contributed by atoms with van der Waals surface area (Å²) in [5.41, 5.74) is 2.54. The Bertz CT molecular complexity index is 801. The fourth-order valence-corrected chi connectivity index (χ4v) is 3.88. The molecule has 154 valence electrons. The van der Waals surface area contributed by atoms with Crippen LogP contribution in [0.25, 0.3) is 0 Å². The number of amides is 2. The highest BCUT2D eigenvalue weighted by Crippen LogP contribution is 2.21. The number of carbonyl (C=O) groups is 2. The molecule has 29 heavy (non-hydrogen) atoms. The van der Waals surface area contributed by atoms with E-state index in [1.807, 2.05) is 55.6 Å². The minimum atomic E-state index is -0.0330. The van der Waals surface area contributed by atoms with Gasteiger partial charge in [0.15, 0.2) is 0 Å². The molecule has 0 heterocycles. The Kier molecular flexibility index (Phi) is 7.82. The Labute approximate surface area is 173 Å². The molecule has 0 aromatic heterocycles. The smallest absolute Gasteiger partial charge is 0.238 e. The zero-order valence-corrected chi connectivity index (χ0v) is 17.2. The molecule has 0 saturated heterocycles. The van der Waals surface area contributed by atoms with E-state index in [1.165, 1.54) is 32.1 Å². The van der Waals surface area contributed by atoms with Crippen molar-refractivity contribution in [1.82, 2.24) is 4.90 Å². The van der Waals surface area contributed by atoms with Crippen LogP contribution in [0.2, 0.25) is 0 Å². The molecule has 2 aromatic carbocycles. The first-order valence-corrected chi connectivity index (χ1v) is 10.5. The molecule has 0 unspecified atom stereocenters. The number of rotatable bonds is 8. The third-order valence-electron chi connectivity index (χ3n) is 5.50. The van der Waals surface area contributed by atoms with Crippen LogP contribution in [0.5, 0.6) is 0 Å². The maximum Gasteiger partial charge on any atom is 0.238 e. The summed E-state index contributed by atoms with van der Waals surface area (Å²) in [6.07, 6.45) is 7.29. The largest absolute Gasteiger partial charge is 0.326 e. The van der Waals surface area contributed by atoms with Crippen LogP contribution >= 0.6 is 0 Å². The fourth-order valence-electron chi connectivity index (χ4n) is 3.88. The average Bonchev–Trinajstić information content (AvgIpc) is 2.74. The van der Waals surface area contributed by atoms with Crippen LogP contribution in [0, 0.1) is 0 Å². The number of nitrogens with zero attached hydrogens (tertiary/aromatic N) is 1. The van der Waals surface area contributed by atoms with Crippen LogP contribution in [-0.4, -0.2) is 36.3 Å². The Hall–Kier alpha value is -2.66. The van der Waals surface area contributed by atoms with Crippen molar-refractivity contribution in [2.75, 3.05) is 24.2 Å². The summed E-state index contributed by atoms with van der Waals surface area (Å²) in [6, 6.07) is 17.8. The van der Waals surface area contributed by atoms with Gasteiger partial charge in [-0.05, 0) is 50.1 Å². The summed E-state index contributed by atoms with van der Waals surface area (Å²) in [7, 11) is 2.03. The predicted octanol–water partition coefficient (Wildman–Crippen LogP) is 4.46. The van der Waals surface area contributed by atoms with Crippen LogP contribution in [0.4, 0.5) is 11.4 Å². The molecule has 0 atom stereocenters. The van der Waals surface area contributed by atoms with E-state index >= 15 is 0 Å². The number of carbonyl (C=O) groups excluding carboxylic acids is 2. The maximum atomic E-state index is 12.4. The lowest BCUT2D eigenvalue weighted by atomic mass is 9.94. The SMILES string of the molecule is CN(CC(=O)Nc1cccc(NC(=O)CCc2ccccc2)c1)C1CCCCC1. The number of anilines is 2. The first-order chi connectivity index (χ1) is 14.1. The Morgan fingerprint density at radius 3 is 2.24 bits per heavy atom. The van der Waals surface area contributed by atoms with E-state index in [1.54, 1.807) is 6.07 Å². The first kappa shape index (κ1) is 21.1. The highest BCUT2D eigenvalue weighted by molar-refractivity contribution is 5.94. The molecular weight excluding hydrogens is 362 g/mol. The quantitative estimate of drug-likeness (QED) is 0.696. The molecule has 0 bridgehead atoms. The Morgan fingerprint density at radius 1 is 0.897 bits per heavy atom. The number of benzene rings is 2. The topological polar surface area (TPSA) is 61.4 Å². The van der Waals surface area contributed by atoms with Crippen LogP contribution in [-0.2, 0) is 16.0 Å². The van der Waals surface area contributed by atoms with Crippen LogP contribution in [0.1, 0.15) is 44.1 Å². The van der Waals surface area contributed by atoms with E-state index in [2.05, 4.69) is 15.5 Å². The van der Waals surface area contributed by atoms with Gasteiger partial charge >= 0.3 is 0 Å². The predicted molar refractivity (Wildman–Crippen MR) is 118 cm³/mol. The summed E-state index contributed by atoms with van der Waals surface area (Å²) >= 11 is 0. The second kappa shape index (κ2) is 10.8. The van der Waals surface area contributed by atoms with E-state index in [0.717, 1.165) is 5.56 Å². The molecular formula is C24H31N3O2. The second-order valence-corrected chi connectivity index (χ2v) is 7.87. The van der Waals surface area contributed by atoms with Gasteiger partial charge in [0.25, 0.3) is 0 Å². The molecule has 5 nitrogen and oxygen atoms in total. The normalized spacial score (nSPS) is 14.6. The molecule has 3 rings (SSSR count). The molecule has 1 fully saturated rings. The molecule has 1 aliphatic carbocycles. The lowest BCUT2D eigenvalue weighted by molar-refractivity contribution is -0.118. The lowest BCUT2D eigenvalue weighted by Crippen LogP contribution is -2.39. The van der Waals surface area contributed by atoms with Crippen molar-refractivity contribution in [3.8, 4) is 0 Å². The zero-order chi connectivity index (χ0) is 20.5. The van der Waals surface area contributed by atoms with Crippen molar-refractivity contribution in [1.29, 1.82) is 0 Å². The van der Waals surface area contributed by atoms with Gasteiger partial charge in [0.1, 0.15) is 0 Å². The molecule has 0 radical (unpaired) electrons. The molecule has 0 aliphatic heterocycles. The molecule has 1 aliphatic rings. The minimum absolute atomic E-state index is 0.0226. The summed E-state index contributed by atoms with van der Waals surface area (Å²) < 4.78 is 0. The number of nitrogens with one attached hydrogen (secondary N) is 2. The van der Waals surface area contributed by atoms with Gasteiger partial charge in [-0.25, -0.2) is 0 Å². The van der Waals surface area contributed by atoms with Crippen LogP contribution < -0.4 is 10.6 Å². The highest BCUT2D eigenvalue weighted by atomic mass is 16.2. The van der Waals surface area contributed by atoms with Crippen molar-refractivity contribution in [2.24, 2.45) is 0 Å². The molecule has 2 amide bonds. The van der Waals surface area contributed by atoms with Crippen molar-refractivity contribution in [3.63, 3.8) is 0 Å². The van der Waals surface area contributed by atoms with Gasteiger partial charge in [-0.15, -0.1) is 0 Å². The van der Waals surface area contributed by atoms with E-state index in [4.69, 9.17) is 0 Å². The summed E-state index contributed by atoms with van der Waals surface area (Å²) in [5.74, 6) is -0.0556. The highest BCUT2D eigenvalue weighted by Gasteiger charge is 2.19. The van der Waals surface area contributed by atoms with Gasteiger partial charge in [-0.3, -0.25) is 14.5 Å². The molecule has 5 heteroatoms. The number of hydrogen-bond acceptors (Lipinski definition) is 3. The van der Waals surface area contributed by atoms with Gasteiger partial charge in [-0.2, -0.15) is 0 Å². The average molecular weight is 394 g/mol. The van der Waals surface area contributed by atoms with Crippen molar-refractivity contribution >= 4 is 23.2 Å². The number of hydrogen-bond donors (Lipinski definition) is 2. The van der Waals surface area contributed by atoms with Gasteiger partial charge < -0.3 is 10.6 Å². The van der Waals surface area contributed by atoms with Gasteiger partial charge in [0.2, 0.25) is 11.8 Å². The van der Waals surface area contributed by atoms with Gasteiger partial charge in [0.05, 0.1) is 6.54 Å². The molecule has 1 saturated carbocycles. The van der Waals surface area contributed by atoms with E-state index in [-0.39, 0.29) is 11.8 Å². The molecule has 0 spiro atoms. The van der Waals surface area contributed by atoms with Crippen LogP contribution in [0.15, 0.2) is 54.6 Å². The minimum Gasteiger partial charge on any atom is -0.326 e. The van der Waals surface area contributed by atoms with Crippen molar-refractivity contribution in [2.45, 2.75) is 51.0 Å². The first-order valence-electron chi connectivity index (χ1n) is 10.5. The summed E-state index contributed by atoms with van der Waals surface area (Å²) in [5, 5.41) is 5.87. The van der Waals surface area contributed by atoms with Crippen molar-refractivity contribution in [3.05, 3.63) is 60.2 Å². The van der Waals surface area contributed by atoms with E-state index in [0.29, 0.717) is 36.8 Å². The molecule has 2 N–H and O–H groups in total. The molecule has 2 aromatic rings. The van der Waals surface area contributed by atoms with Gasteiger partial charge in [-0.1, -0.05) is 55.7 Å². The number of aryl methyl sites for hydroxylation is 1.